The Bertz CT molecular complexity index is 861. The van der Waals surface area contributed by atoms with Crippen molar-refractivity contribution in [2.75, 3.05) is 26.2 Å². The first-order valence-electron chi connectivity index (χ1n) is 11.1. The van der Waals surface area contributed by atoms with Crippen molar-refractivity contribution < 1.29 is 9.59 Å². The summed E-state index contributed by atoms with van der Waals surface area (Å²) >= 11 is 0. The van der Waals surface area contributed by atoms with E-state index in [0.29, 0.717) is 19.6 Å². The van der Waals surface area contributed by atoms with E-state index in [9.17, 15) is 9.59 Å². The summed E-state index contributed by atoms with van der Waals surface area (Å²) in [5.41, 5.74) is 3.88. The average molecular weight is 409 g/mol. The van der Waals surface area contributed by atoms with Gasteiger partial charge in [-0.25, -0.2) is 0 Å². The van der Waals surface area contributed by atoms with Gasteiger partial charge in [-0.3, -0.25) is 19.5 Å². The van der Waals surface area contributed by atoms with Crippen LogP contribution in [0.3, 0.4) is 0 Å². The van der Waals surface area contributed by atoms with Crippen LogP contribution in [0.1, 0.15) is 30.0 Å². The Kier molecular flexibility index (Phi) is 5.93. The molecular formula is C24H32N4O2. The zero-order chi connectivity index (χ0) is 21.3. The van der Waals surface area contributed by atoms with E-state index in [0.717, 1.165) is 25.3 Å². The highest BCUT2D eigenvalue weighted by Gasteiger charge is 2.58. The number of hydrogen-bond acceptors (Lipinski definition) is 3. The largest absolute Gasteiger partial charge is 0.357 e. The molecule has 4 atom stereocenters. The average Bonchev–Trinajstić information content (AvgIpc) is 3.39. The zero-order valence-electron chi connectivity index (χ0n) is 18.1. The molecule has 6 heteroatoms. The van der Waals surface area contributed by atoms with Crippen molar-refractivity contribution in [2.24, 2.45) is 28.7 Å². The van der Waals surface area contributed by atoms with E-state index in [2.05, 4.69) is 59.8 Å². The van der Waals surface area contributed by atoms with Gasteiger partial charge in [-0.05, 0) is 56.6 Å². The van der Waals surface area contributed by atoms with Gasteiger partial charge in [-0.2, -0.15) is 0 Å². The molecule has 1 aromatic carbocycles. The molecule has 2 N–H and O–H groups in total. The first-order chi connectivity index (χ1) is 14.5. The molecule has 2 aliphatic carbocycles. The second kappa shape index (κ2) is 8.62. The van der Waals surface area contributed by atoms with E-state index in [-0.39, 0.29) is 35.5 Å². The molecule has 1 saturated carbocycles. The minimum absolute atomic E-state index is 0.0143. The summed E-state index contributed by atoms with van der Waals surface area (Å²) in [6.45, 7) is 8.61. The van der Waals surface area contributed by atoms with Crippen molar-refractivity contribution in [1.29, 1.82) is 0 Å². The minimum Gasteiger partial charge on any atom is -0.357 e. The molecule has 3 aliphatic rings. The van der Waals surface area contributed by atoms with E-state index in [1.165, 1.54) is 21.6 Å². The lowest BCUT2D eigenvalue weighted by Crippen LogP contribution is -2.43. The highest BCUT2D eigenvalue weighted by Crippen LogP contribution is 2.52. The van der Waals surface area contributed by atoms with Crippen LogP contribution >= 0.6 is 0 Å². The number of guanidine groups is 1. The molecule has 1 aromatic rings. The molecule has 0 aromatic heterocycles. The van der Waals surface area contributed by atoms with Gasteiger partial charge in [-0.15, -0.1) is 0 Å². The first-order valence-corrected chi connectivity index (χ1v) is 11.1. The van der Waals surface area contributed by atoms with Gasteiger partial charge in [0, 0.05) is 26.2 Å². The molecular weight excluding hydrogens is 376 g/mol. The van der Waals surface area contributed by atoms with Gasteiger partial charge in [0.25, 0.3) is 0 Å². The Morgan fingerprint density at radius 1 is 1.10 bits per heavy atom. The number of aryl methyl sites for hydroxylation is 2. The standard InChI is InChI=1S/C24H32N4O2/c1-4-25-24(26-10-9-17-6-5-15(2)13-16(17)3)27-11-12-28-22(29)20-18-7-8-19(14-18)21(20)23(28)30/h5-8,13,18-21H,4,9-12,14H2,1-3H3,(H2,25,26,27). The fraction of sp³-hybridized carbons (Fsp3) is 0.542. The minimum atomic E-state index is -0.118. The molecule has 2 bridgehead atoms. The van der Waals surface area contributed by atoms with Crippen molar-refractivity contribution in [3.8, 4) is 0 Å². The topological polar surface area (TPSA) is 73.8 Å². The number of fused-ring (bicyclic) bond motifs is 5. The lowest BCUT2D eigenvalue weighted by molar-refractivity contribution is -0.140. The van der Waals surface area contributed by atoms with Crippen LogP contribution < -0.4 is 10.6 Å². The maximum absolute atomic E-state index is 12.8. The van der Waals surface area contributed by atoms with Crippen molar-refractivity contribution in [1.82, 2.24) is 15.5 Å². The summed E-state index contributed by atoms with van der Waals surface area (Å²) in [5, 5.41) is 6.52. The number of rotatable bonds is 7. The normalized spacial score (nSPS) is 27.2. The highest BCUT2D eigenvalue weighted by atomic mass is 16.2. The van der Waals surface area contributed by atoms with Crippen LogP contribution in [0.2, 0.25) is 0 Å². The maximum Gasteiger partial charge on any atom is 0.233 e. The van der Waals surface area contributed by atoms with E-state index in [1.54, 1.807) is 0 Å². The predicted molar refractivity (Wildman–Crippen MR) is 118 cm³/mol. The number of carbonyl (C=O) groups is 2. The molecule has 0 radical (unpaired) electrons. The van der Waals surface area contributed by atoms with Crippen LogP contribution in [0.15, 0.2) is 35.3 Å². The number of amides is 2. The summed E-state index contributed by atoms with van der Waals surface area (Å²) in [6.07, 6.45) is 6.11. The number of benzene rings is 1. The molecule has 4 rings (SSSR count). The van der Waals surface area contributed by atoms with Gasteiger partial charge in [0.05, 0.1) is 11.8 Å². The third-order valence-corrected chi connectivity index (χ3v) is 6.68. The van der Waals surface area contributed by atoms with Gasteiger partial charge < -0.3 is 10.6 Å². The summed E-state index contributed by atoms with van der Waals surface area (Å²) in [5.74, 6) is 1.04. The number of nitrogens with one attached hydrogen (secondary N) is 2. The fourth-order valence-electron chi connectivity index (χ4n) is 5.23. The lowest BCUT2D eigenvalue weighted by atomic mass is 9.85. The summed E-state index contributed by atoms with van der Waals surface area (Å²) < 4.78 is 0. The summed E-state index contributed by atoms with van der Waals surface area (Å²) in [6, 6.07) is 6.50. The van der Waals surface area contributed by atoms with Crippen LogP contribution in [0, 0.1) is 37.5 Å². The molecule has 1 aliphatic heterocycles. The van der Waals surface area contributed by atoms with Gasteiger partial charge in [0.1, 0.15) is 0 Å². The van der Waals surface area contributed by atoms with Gasteiger partial charge in [0.15, 0.2) is 5.96 Å². The van der Waals surface area contributed by atoms with Crippen LogP contribution in [-0.4, -0.2) is 48.9 Å². The smallest absolute Gasteiger partial charge is 0.233 e. The number of nitrogens with zero attached hydrogens (tertiary/aromatic N) is 2. The third kappa shape index (κ3) is 3.87. The Labute approximate surface area is 178 Å². The Morgan fingerprint density at radius 3 is 2.43 bits per heavy atom. The third-order valence-electron chi connectivity index (χ3n) is 6.68. The quantitative estimate of drug-likeness (QED) is 0.314. The highest BCUT2D eigenvalue weighted by molar-refractivity contribution is 6.06. The van der Waals surface area contributed by atoms with Crippen molar-refractivity contribution in [3.05, 3.63) is 47.0 Å². The number of aliphatic imine (C=N–C) groups is 1. The van der Waals surface area contributed by atoms with E-state index >= 15 is 0 Å². The van der Waals surface area contributed by atoms with E-state index < -0.39 is 0 Å². The molecule has 1 heterocycles. The molecule has 4 unspecified atom stereocenters. The molecule has 2 fully saturated rings. The lowest BCUT2D eigenvalue weighted by Gasteiger charge is -2.18. The monoisotopic (exact) mass is 408 g/mol. The van der Waals surface area contributed by atoms with Gasteiger partial charge in [-0.1, -0.05) is 35.9 Å². The second-order valence-corrected chi connectivity index (χ2v) is 8.70. The van der Waals surface area contributed by atoms with Crippen molar-refractivity contribution in [2.45, 2.75) is 33.6 Å². The molecule has 0 spiro atoms. The number of hydrogen-bond donors (Lipinski definition) is 2. The number of likely N-dealkylation sites (tertiary alicyclic amines) is 1. The van der Waals surface area contributed by atoms with Crippen LogP contribution in [0.4, 0.5) is 0 Å². The summed E-state index contributed by atoms with van der Waals surface area (Å²) in [7, 11) is 0. The van der Waals surface area contributed by atoms with Gasteiger partial charge >= 0.3 is 0 Å². The summed E-state index contributed by atoms with van der Waals surface area (Å²) in [4.78, 5) is 31.7. The maximum atomic E-state index is 12.8. The Morgan fingerprint density at radius 2 is 1.80 bits per heavy atom. The van der Waals surface area contributed by atoms with E-state index in [4.69, 9.17) is 0 Å². The van der Waals surface area contributed by atoms with Crippen LogP contribution in [0.25, 0.3) is 0 Å². The molecule has 2 amide bonds. The number of imide groups is 1. The zero-order valence-corrected chi connectivity index (χ0v) is 18.1. The fourth-order valence-corrected chi connectivity index (χ4v) is 5.23. The second-order valence-electron chi connectivity index (χ2n) is 8.70. The molecule has 160 valence electrons. The Hall–Kier alpha value is -2.63. The van der Waals surface area contributed by atoms with Crippen molar-refractivity contribution in [3.63, 3.8) is 0 Å². The SMILES string of the molecule is CCNC(=NCCc1ccc(C)cc1C)NCCN1C(=O)C2C3C=CC(C3)C2C1=O. The Balaban J connectivity index is 1.29. The van der Waals surface area contributed by atoms with E-state index in [1.807, 2.05) is 6.92 Å². The predicted octanol–water partition coefficient (Wildman–Crippen LogP) is 2.21. The first kappa shape index (κ1) is 20.6. The number of allylic oxidation sites excluding steroid dienone is 2. The van der Waals surface area contributed by atoms with Crippen molar-refractivity contribution >= 4 is 17.8 Å². The molecule has 6 nitrogen and oxygen atoms in total. The van der Waals surface area contributed by atoms with Crippen LogP contribution in [-0.2, 0) is 16.0 Å². The van der Waals surface area contributed by atoms with Crippen LogP contribution in [0.5, 0.6) is 0 Å². The number of carbonyl (C=O) groups excluding carboxylic acids is 2. The molecule has 30 heavy (non-hydrogen) atoms. The van der Waals surface area contributed by atoms with Gasteiger partial charge in [0.2, 0.25) is 11.8 Å². The molecule has 1 saturated heterocycles.